The van der Waals surface area contributed by atoms with Crippen LogP contribution in [0, 0.1) is 0 Å². The minimum atomic E-state index is -0.442. The highest BCUT2D eigenvalue weighted by Gasteiger charge is 2.13. The van der Waals surface area contributed by atoms with Crippen LogP contribution in [-0.2, 0) is 16.0 Å². The van der Waals surface area contributed by atoms with Crippen molar-refractivity contribution in [3.05, 3.63) is 64.7 Å². The Morgan fingerprint density at radius 2 is 1.88 bits per heavy atom. The Bertz CT molecular complexity index is 749. The number of rotatable bonds is 9. The summed E-state index contributed by atoms with van der Waals surface area (Å²) in [6.07, 6.45) is 1.15. The van der Waals surface area contributed by atoms with Crippen molar-refractivity contribution in [3.8, 4) is 0 Å². The molecule has 26 heavy (non-hydrogen) atoms. The maximum absolute atomic E-state index is 12.1. The highest BCUT2D eigenvalue weighted by molar-refractivity contribution is 6.30. The maximum atomic E-state index is 12.1. The van der Waals surface area contributed by atoms with E-state index in [0.717, 1.165) is 23.6 Å². The van der Waals surface area contributed by atoms with Crippen molar-refractivity contribution in [2.24, 2.45) is 0 Å². The van der Waals surface area contributed by atoms with Gasteiger partial charge in [-0.3, -0.25) is 4.79 Å². The highest BCUT2D eigenvalue weighted by atomic mass is 35.5. The Balaban J connectivity index is 1.74. The van der Waals surface area contributed by atoms with Crippen LogP contribution in [0.4, 0.5) is 5.69 Å². The summed E-state index contributed by atoms with van der Waals surface area (Å²) in [4.78, 5) is 24.0. The number of hydrogen-bond donors (Lipinski definition) is 2. The third-order valence-electron chi connectivity index (χ3n) is 3.70. The number of amides is 1. The Hall–Kier alpha value is -2.37. The van der Waals surface area contributed by atoms with Gasteiger partial charge in [0.1, 0.15) is 0 Å². The van der Waals surface area contributed by atoms with E-state index in [0.29, 0.717) is 24.2 Å². The van der Waals surface area contributed by atoms with Crippen molar-refractivity contribution in [1.82, 2.24) is 5.32 Å². The van der Waals surface area contributed by atoms with Crippen molar-refractivity contribution in [2.75, 3.05) is 25.0 Å². The summed E-state index contributed by atoms with van der Waals surface area (Å²) in [5, 5.41) is 6.73. The molecule has 0 aromatic heterocycles. The second-order valence-electron chi connectivity index (χ2n) is 5.69. The summed E-state index contributed by atoms with van der Waals surface area (Å²) in [5.41, 5.74) is 1.98. The number of anilines is 1. The van der Waals surface area contributed by atoms with Crippen LogP contribution < -0.4 is 10.6 Å². The quantitative estimate of drug-likeness (QED) is 0.519. The summed E-state index contributed by atoms with van der Waals surface area (Å²) in [5.74, 6) is -0.597. The van der Waals surface area contributed by atoms with E-state index in [4.69, 9.17) is 16.3 Å². The summed E-state index contributed by atoms with van der Waals surface area (Å²) in [7, 11) is 0. The number of ether oxygens (including phenoxy) is 1. The Kier molecular flexibility index (Phi) is 8.12. The van der Waals surface area contributed by atoms with Gasteiger partial charge in [0.05, 0.1) is 17.9 Å². The van der Waals surface area contributed by atoms with Crippen LogP contribution >= 0.6 is 11.6 Å². The van der Waals surface area contributed by atoms with Crippen LogP contribution in [0.1, 0.15) is 29.3 Å². The van der Waals surface area contributed by atoms with Gasteiger partial charge in [-0.25, -0.2) is 4.79 Å². The average Bonchev–Trinajstić information content (AvgIpc) is 2.62. The number of para-hydroxylation sites is 1. The molecule has 0 radical (unpaired) electrons. The number of hydrogen-bond acceptors (Lipinski definition) is 4. The van der Waals surface area contributed by atoms with Crippen LogP contribution in [0.5, 0.6) is 0 Å². The van der Waals surface area contributed by atoms with Crippen LogP contribution in [-0.4, -0.2) is 31.6 Å². The largest absolute Gasteiger partial charge is 0.462 e. The van der Waals surface area contributed by atoms with E-state index in [9.17, 15) is 9.59 Å². The van der Waals surface area contributed by atoms with E-state index >= 15 is 0 Å². The number of carbonyl (C=O) groups excluding carboxylic acids is 2. The molecule has 0 saturated carbocycles. The van der Waals surface area contributed by atoms with Gasteiger partial charge in [0, 0.05) is 18.0 Å². The molecule has 0 saturated heterocycles. The smallest absolute Gasteiger partial charge is 0.340 e. The van der Waals surface area contributed by atoms with E-state index in [-0.39, 0.29) is 12.5 Å². The molecule has 138 valence electrons. The lowest BCUT2D eigenvalue weighted by Gasteiger charge is -2.10. The molecule has 0 fully saturated rings. The van der Waals surface area contributed by atoms with Crippen molar-refractivity contribution in [3.63, 3.8) is 0 Å². The van der Waals surface area contributed by atoms with Gasteiger partial charge in [0.25, 0.3) is 0 Å². The van der Waals surface area contributed by atoms with Crippen molar-refractivity contribution < 1.29 is 14.3 Å². The summed E-state index contributed by atoms with van der Waals surface area (Å²) in [6.45, 7) is 3.34. The first kappa shape index (κ1) is 19.9. The Morgan fingerprint density at radius 3 is 2.65 bits per heavy atom. The molecule has 2 aromatic carbocycles. The normalized spacial score (nSPS) is 10.4. The molecule has 0 spiro atoms. The van der Waals surface area contributed by atoms with Gasteiger partial charge in [-0.15, -0.1) is 0 Å². The molecule has 0 unspecified atom stereocenters. The Morgan fingerprint density at radius 1 is 1.08 bits per heavy atom. The van der Waals surface area contributed by atoms with Crippen molar-refractivity contribution in [1.29, 1.82) is 0 Å². The number of halogens is 1. The van der Waals surface area contributed by atoms with Gasteiger partial charge in [-0.2, -0.15) is 0 Å². The number of benzene rings is 2. The van der Waals surface area contributed by atoms with Gasteiger partial charge in [0.15, 0.2) is 0 Å². The molecular formula is C20H23ClN2O3. The first-order valence-corrected chi connectivity index (χ1v) is 8.99. The second kappa shape index (κ2) is 10.6. The average molecular weight is 375 g/mol. The predicted molar refractivity (Wildman–Crippen MR) is 104 cm³/mol. The van der Waals surface area contributed by atoms with E-state index in [1.165, 1.54) is 0 Å². The van der Waals surface area contributed by atoms with Gasteiger partial charge >= 0.3 is 5.97 Å². The first-order valence-electron chi connectivity index (χ1n) is 8.61. The fraction of sp³-hybridized carbons (Fsp3) is 0.300. The lowest BCUT2D eigenvalue weighted by atomic mass is 10.1. The van der Waals surface area contributed by atoms with Crippen LogP contribution in [0.25, 0.3) is 0 Å². The zero-order chi connectivity index (χ0) is 18.8. The van der Waals surface area contributed by atoms with Gasteiger partial charge in [-0.1, -0.05) is 35.9 Å². The molecule has 0 aliphatic rings. The van der Waals surface area contributed by atoms with Gasteiger partial charge in [-0.05, 0) is 49.7 Å². The first-order chi connectivity index (χ1) is 12.6. The molecule has 6 heteroatoms. The topological polar surface area (TPSA) is 67.4 Å². The van der Waals surface area contributed by atoms with Gasteiger partial charge < -0.3 is 15.4 Å². The molecule has 1 amide bonds. The van der Waals surface area contributed by atoms with E-state index in [1.807, 2.05) is 24.3 Å². The summed E-state index contributed by atoms with van der Waals surface area (Å²) < 4.78 is 5.00. The molecule has 0 aliphatic heterocycles. The molecule has 0 heterocycles. The number of carbonyl (C=O) groups is 2. The van der Waals surface area contributed by atoms with Gasteiger partial charge in [0.2, 0.25) is 5.91 Å². The molecule has 2 rings (SSSR count). The highest BCUT2D eigenvalue weighted by Crippen LogP contribution is 2.16. The molecule has 0 aliphatic carbocycles. The van der Waals surface area contributed by atoms with Crippen LogP contribution in [0.15, 0.2) is 48.5 Å². The summed E-state index contributed by atoms with van der Waals surface area (Å²) in [6, 6.07) is 14.5. The van der Waals surface area contributed by atoms with Crippen molar-refractivity contribution in [2.45, 2.75) is 19.8 Å². The molecule has 0 atom stereocenters. The zero-order valence-electron chi connectivity index (χ0n) is 14.8. The van der Waals surface area contributed by atoms with E-state index < -0.39 is 5.97 Å². The standard InChI is InChI=1S/C20H23ClN2O3/c1-2-26-20(25)17-8-3-4-9-18(17)23-19(24)11-13-22-12-10-15-6-5-7-16(21)14-15/h3-9,14,22H,2,10-13H2,1H3,(H,23,24). The lowest BCUT2D eigenvalue weighted by Crippen LogP contribution is -2.24. The van der Waals surface area contributed by atoms with Crippen molar-refractivity contribution >= 4 is 29.2 Å². The van der Waals surface area contributed by atoms with Crippen LogP contribution in [0.3, 0.4) is 0 Å². The minimum Gasteiger partial charge on any atom is -0.462 e. The molecule has 2 aromatic rings. The number of esters is 1. The third-order valence-corrected chi connectivity index (χ3v) is 3.94. The van der Waals surface area contributed by atoms with Crippen LogP contribution in [0.2, 0.25) is 5.02 Å². The second-order valence-corrected chi connectivity index (χ2v) is 6.13. The van der Waals surface area contributed by atoms with E-state index in [2.05, 4.69) is 10.6 Å². The SMILES string of the molecule is CCOC(=O)c1ccccc1NC(=O)CCNCCc1cccc(Cl)c1. The lowest BCUT2D eigenvalue weighted by molar-refractivity contribution is -0.116. The minimum absolute atomic E-state index is 0.156. The fourth-order valence-electron chi connectivity index (χ4n) is 2.44. The fourth-order valence-corrected chi connectivity index (χ4v) is 2.66. The molecular weight excluding hydrogens is 352 g/mol. The maximum Gasteiger partial charge on any atom is 0.340 e. The molecule has 0 bridgehead atoms. The zero-order valence-corrected chi connectivity index (χ0v) is 15.5. The Labute approximate surface area is 158 Å². The van der Waals surface area contributed by atoms with E-state index in [1.54, 1.807) is 31.2 Å². The number of nitrogens with one attached hydrogen (secondary N) is 2. The third kappa shape index (κ3) is 6.50. The monoisotopic (exact) mass is 374 g/mol. The molecule has 5 nitrogen and oxygen atoms in total. The predicted octanol–water partition coefficient (Wildman–Crippen LogP) is 3.68. The summed E-state index contributed by atoms with van der Waals surface area (Å²) >= 11 is 5.95. The molecule has 2 N–H and O–H groups in total.